The van der Waals surface area contributed by atoms with Crippen molar-refractivity contribution in [3.63, 3.8) is 0 Å². The van der Waals surface area contributed by atoms with E-state index in [0.29, 0.717) is 23.8 Å². The summed E-state index contributed by atoms with van der Waals surface area (Å²) < 4.78 is 44.4. The summed E-state index contributed by atoms with van der Waals surface area (Å²) in [6.45, 7) is 2.43. The predicted molar refractivity (Wildman–Crippen MR) is 126 cm³/mol. The monoisotopic (exact) mass is 486 g/mol. The van der Waals surface area contributed by atoms with Crippen LogP contribution >= 0.6 is 11.8 Å². The van der Waals surface area contributed by atoms with Crippen LogP contribution in [0.15, 0.2) is 72.8 Å². The molecule has 9 heteroatoms. The maximum Gasteiger partial charge on any atom is 0.416 e. The summed E-state index contributed by atoms with van der Waals surface area (Å²) in [4.78, 5) is 26.9. The lowest BCUT2D eigenvalue weighted by Gasteiger charge is -2.25. The quantitative estimate of drug-likeness (QED) is 0.455. The lowest BCUT2D eigenvalue weighted by Crippen LogP contribution is -2.27. The topological polar surface area (TPSA) is 58.6 Å². The number of nitrogens with zero attached hydrogens (tertiary/aromatic N) is 1. The fraction of sp³-hybridized carbons (Fsp3) is 0.200. The first kappa shape index (κ1) is 23.7. The van der Waals surface area contributed by atoms with Crippen molar-refractivity contribution in [2.75, 3.05) is 22.6 Å². The maximum atomic E-state index is 13.0. The van der Waals surface area contributed by atoms with E-state index in [1.165, 1.54) is 23.9 Å². The van der Waals surface area contributed by atoms with E-state index >= 15 is 0 Å². The molecule has 1 atom stereocenters. The second-order valence-corrected chi connectivity index (χ2v) is 8.58. The van der Waals surface area contributed by atoms with Gasteiger partial charge in [0.25, 0.3) is 5.91 Å². The van der Waals surface area contributed by atoms with Crippen molar-refractivity contribution in [1.29, 1.82) is 0 Å². The molecular weight excluding hydrogens is 465 g/mol. The minimum Gasteiger partial charge on any atom is -0.494 e. The summed E-state index contributed by atoms with van der Waals surface area (Å²) >= 11 is 1.46. The van der Waals surface area contributed by atoms with Gasteiger partial charge in [-0.1, -0.05) is 18.2 Å². The molecule has 1 N–H and O–H groups in total. The van der Waals surface area contributed by atoms with Crippen molar-refractivity contribution < 1.29 is 27.5 Å². The molecule has 1 aliphatic heterocycles. The van der Waals surface area contributed by atoms with E-state index in [1.54, 1.807) is 35.2 Å². The third-order valence-electron chi connectivity index (χ3n) is 5.18. The number of carbonyl (C=O) groups excluding carboxylic acids is 2. The number of halogens is 3. The van der Waals surface area contributed by atoms with Gasteiger partial charge in [0.05, 0.1) is 17.9 Å². The largest absolute Gasteiger partial charge is 0.494 e. The molecule has 0 spiro atoms. The number of ether oxygens (including phenoxy) is 1. The molecule has 0 unspecified atom stereocenters. The van der Waals surface area contributed by atoms with Crippen molar-refractivity contribution >= 4 is 35.0 Å². The zero-order valence-corrected chi connectivity index (χ0v) is 19.0. The van der Waals surface area contributed by atoms with Crippen molar-refractivity contribution in [2.24, 2.45) is 0 Å². The van der Waals surface area contributed by atoms with Crippen LogP contribution < -0.4 is 15.0 Å². The fourth-order valence-electron chi connectivity index (χ4n) is 3.63. The van der Waals surface area contributed by atoms with Gasteiger partial charge in [-0.05, 0) is 67.1 Å². The number of anilines is 2. The summed E-state index contributed by atoms with van der Waals surface area (Å²) in [5.74, 6) is 0.319. The molecule has 176 valence electrons. The number of benzene rings is 3. The third kappa shape index (κ3) is 5.20. The van der Waals surface area contributed by atoms with Gasteiger partial charge in [-0.2, -0.15) is 13.2 Å². The van der Waals surface area contributed by atoms with Gasteiger partial charge in [0.1, 0.15) is 11.1 Å². The van der Waals surface area contributed by atoms with Gasteiger partial charge in [-0.15, -0.1) is 11.8 Å². The molecule has 0 saturated carbocycles. The van der Waals surface area contributed by atoms with Crippen LogP contribution in [0, 0.1) is 0 Å². The summed E-state index contributed by atoms with van der Waals surface area (Å²) in [6, 6.07) is 18.5. The number of thioether (sulfide) groups is 1. The zero-order chi connectivity index (χ0) is 24.3. The Labute approximate surface area is 198 Å². The molecule has 3 aromatic rings. The Morgan fingerprint density at radius 3 is 2.53 bits per heavy atom. The molecule has 1 aliphatic rings. The number of nitrogens with one attached hydrogen (secondary N) is 1. The van der Waals surface area contributed by atoms with Gasteiger partial charge in [-0.3, -0.25) is 14.5 Å². The van der Waals surface area contributed by atoms with Crippen molar-refractivity contribution in [3.05, 3.63) is 89.5 Å². The molecule has 0 bridgehead atoms. The average molecular weight is 487 g/mol. The Bertz CT molecular complexity index is 1200. The summed E-state index contributed by atoms with van der Waals surface area (Å²) in [5, 5.41) is 2.34. The van der Waals surface area contributed by atoms with E-state index in [0.717, 1.165) is 23.4 Å². The van der Waals surface area contributed by atoms with E-state index in [4.69, 9.17) is 4.74 Å². The van der Waals surface area contributed by atoms with Gasteiger partial charge >= 0.3 is 6.18 Å². The van der Waals surface area contributed by atoms with Gasteiger partial charge < -0.3 is 10.1 Å². The summed E-state index contributed by atoms with van der Waals surface area (Å²) in [7, 11) is 0. The Morgan fingerprint density at radius 1 is 1.09 bits per heavy atom. The molecule has 0 radical (unpaired) electrons. The maximum absolute atomic E-state index is 13.0. The number of hydrogen-bond acceptors (Lipinski definition) is 4. The lowest BCUT2D eigenvalue weighted by molar-refractivity contribution is -0.137. The van der Waals surface area contributed by atoms with Crippen LogP contribution in [-0.2, 0) is 11.0 Å². The van der Waals surface area contributed by atoms with Crippen LogP contribution in [0.5, 0.6) is 5.75 Å². The minimum absolute atomic E-state index is 0.0439. The Morgan fingerprint density at radius 2 is 1.82 bits per heavy atom. The lowest BCUT2D eigenvalue weighted by atomic mass is 10.1. The molecular formula is C25H21F3N2O3S. The van der Waals surface area contributed by atoms with E-state index in [-0.39, 0.29) is 16.8 Å². The second kappa shape index (κ2) is 9.80. The van der Waals surface area contributed by atoms with E-state index in [2.05, 4.69) is 5.32 Å². The van der Waals surface area contributed by atoms with Crippen molar-refractivity contribution in [1.82, 2.24) is 0 Å². The minimum atomic E-state index is -4.53. The molecule has 34 heavy (non-hydrogen) atoms. The smallest absolute Gasteiger partial charge is 0.416 e. The highest BCUT2D eigenvalue weighted by atomic mass is 32.2. The predicted octanol–water partition coefficient (Wildman–Crippen LogP) is 6.14. The first-order chi connectivity index (χ1) is 16.3. The Kier molecular flexibility index (Phi) is 6.83. The van der Waals surface area contributed by atoms with E-state index in [1.807, 2.05) is 25.1 Å². The highest BCUT2D eigenvalue weighted by molar-refractivity contribution is 8.00. The average Bonchev–Trinajstić information content (AvgIpc) is 3.21. The molecule has 5 nitrogen and oxygen atoms in total. The zero-order valence-electron chi connectivity index (χ0n) is 18.1. The van der Waals surface area contributed by atoms with Crippen LogP contribution in [0.25, 0.3) is 0 Å². The van der Waals surface area contributed by atoms with Crippen LogP contribution in [0.4, 0.5) is 24.5 Å². The van der Waals surface area contributed by atoms with Gasteiger partial charge in [-0.25, -0.2) is 0 Å². The molecule has 1 heterocycles. The van der Waals surface area contributed by atoms with Crippen molar-refractivity contribution in [3.8, 4) is 5.75 Å². The number of carbonyl (C=O) groups is 2. The third-order valence-corrected chi connectivity index (χ3v) is 6.39. The Balaban J connectivity index is 1.54. The highest BCUT2D eigenvalue weighted by Gasteiger charge is 2.34. The number of rotatable bonds is 6. The number of amides is 2. The van der Waals surface area contributed by atoms with Crippen LogP contribution in [-0.4, -0.2) is 24.2 Å². The molecule has 0 aromatic heterocycles. The molecule has 1 fully saturated rings. The van der Waals surface area contributed by atoms with E-state index in [9.17, 15) is 22.8 Å². The highest BCUT2D eigenvalue weighted by Crippen LogP contribution is 2.42. The first-order valence-electron chi connectivity index (χ1n) is 10.5. The second-order valence-electron chi connectivity index (χ2n) is 7.51. The van der Waals surface area contributed by atoms with Crippen molar-refractivity contribution in [2.45, 2.75) is 18.5 Å². The van der Waals surface area contributed by atoms with Gasteiger partial charge in [0, 0.05) is 16.9 Å². The van der Waals surface area contributed by atoms with Gasteiger partial charge in [0.2, 0.25) is 5.91 Å². The van der Waals surface area contributed by atoms with Crippen LogP contribution in [0.1, 0.15) is 33.8 Å². The Hall–Kier alpha value is -3.46. The summed E-state index contributed by atoms with van der Waals surface area (Å²) in [5.41, 5.74) is 0.947. The molecule has 1 saturated heterocycles. The van der Waals surface area contributed by atoms with Crippen LogP contribution in [0.3, 0.4) is 0 Å². The standard InChI is InChI=1S/C25H21F3N2O3S/c1-2-33-21-11-9-20(10-12-21)30-22(31)15-34-24(30)17-6-4-8-19(14-17)29-23(32)16-5-3-7-18(13-16)25(26,27)28/h3-14,24H,2,15H2,1H3,(H,29,32)/t24-/m1/s1. The van der Waals surface area contributed by atoms with Gasteiger partial charge in [0.15, 0.2) is 0 Å². The normalized spacial score (nSPS) is 15.9. The first-order valence-corrected chi connectivity index (χ1v) is 11.6. The number of hydrogen-bond donors (Lipinski definition) is 1. The molecule has 4 rings (SSSR count). The van der Waals surface area contributed by atoms with E-state index < -0.39 is 17.6 Å². The van der Waals surface area contributed by atoms with Crippen LogP contribution in [0.2, 0.25) is 0 Å². The number of alkyl halides is 3. The fourth-order valence-corrected chi connectivity index (χ4v) is 4.80. The molecule has 3 aromatic carbocycles. The SMILES string of the molecule is CCOc1ccc(N2C(=O)CS[C@@H]2c2cccc(NC(=O)c3cccc(C(F)(F)F)c3)c2)cc1. The molecule has 2 amide bonds. The summed E-state index contributed by atoms with van der Waals surface area (Å²) in [6.07, 6.45) is -4.53. The molecule has 0 aliphatic carbocycles.